The number of aromatic nitrogens is 6. The molecule has 6 aromatic rings. The number of fused-ring (bicyclic) bond motifs is 1. The summed E-state index contributed by atoms with van der Waals surface area (Å²) in [5.41, 5.74) is 1.51. The van der Waals surface area contributed by atoms with Gasteiger partial charge in [0.1, 0.15) is 42.3 Å². The molecular formula is C28H17Cl4N13O13S4. The zero-order valence-electron chi connectivity index (χ0n) is 29.3. The molecule has 26 nitrogen and oxygen atoms in total. The third-order valence-electron chi connectivity index (χ3n) is 7.53. The maximum absolute atomic E-state index is 12.6. The SMILES string of the molecule is Nc1c(N=Nc2cc(Nc3nc(Cl)nc(Cl)n3)ccc2S(=O)(=O)O)c(S(=O)(=O)O)cc2cc(S(=O)(=O)O)c(N=Nc3cc(Nc4nc(Cl)nc(Cl)n4)ccc3S(=O)(=O)O)c(O)c12. The number of hydrogen-bond donors (Lipinski definition) is 8. The lowest BCUT2D eigenvalue weighted by molar-refractivity contribution is 0.472. The van der Waals surface area contributed by atoms with E-state index in [0.29, 0.717) is 12.1 Å². The van der Waals surface area contributed by atoms with Crippen LogP contribution in [-0.2, 0) is 40.5 Å². The molecule has 0 radical (unpaired) electrons. The van der Waals surface area contributed by atoms with Crippen LogP contribution in [0.15, 0.2) is 88.6 Å². The van der Waals surface area contributed by atoms with Gasteiger partial charge in [0.2, 0.25) is 33.0 Å². The number of nitrogens with zero attached hydrogens (tertiary/aromatic N) is 10. The van der Waals surface area contributed by atoms with Crippen LogP contribution in [0.1, 0.15) is 0 Å². The summed E-state index contributed by atoms with van der Waals surface area (Å²) in [5.74, 6) is -1.82. The second-order valence-corrected chi connectivity index (χ2v) is 18.5. The van der Waals surface area contributed by atoms with Crippen LogP contribution in [0.3, 0.4) is 0 Å². The van der Waals surface area contributed by atoms with Crippen molar-refractivity contribution in [2.75, 3.05) is 16.4 Å². The van der Waals surface area contributed by atoms with Gasteiger partial charge in [0.05, 0.1) is 11.1 Å². The summed E-state index contributed by atoms with van der Waals surface area (Å²) < 4.78 is 140. The van der Waals surface area contributed by atoms with Gasteiger partial charge in [0, 0.05) is 11.4 Å². The molecule has 0 amide bonds. The van der Waals surface area contributed by atoms with Gasteiger partial charge in [-0.15, -0.1) is 20.5 Å². The van der Waals surface area contributed by atoms with E-state index < -0.39 is 105 Å². The van der Waals surface area contributed by atoms with Crippen molar-refractivity contribution in [1.29, 1.82) is 0 Å². The first-order valence-corrected chi connectivity index (χ1v) is 22.8. The first-order valence-electron chi connectivity index (χ1n) is 15.5. The summed E-state index contributed by atoms with van der Waals surface area (Å²) in [6, 6.07) is 6.69. The minimum atomic E-state index is -5.46. The number of rotatable bonds is 12. The van der Waals surface area contributed by atoms with E-state index in [-0.39, 0.29) is 44.4 Å². The van der Waals surface area contributed by atoms with E-state index in [1.165, 1.54) is 0 Å². The van der Waals surface area contributed by atoms with Crippen LogP contribution < -0.4 is 16.4 Å². The van der Waals surface area contributed by atoms with E-state index in [0.717, 1.165) is 36.4 Å². The van der Waals surface area contributed by atoms with E-state index >= 15 is 0 Å². The topological polar surface area (TPSA) is 415 Å². The molecule has 9 N–H and O–H groups in total. The maximum Gasteiger partial charge on any atom is 0.296 e. The molecule has 62 heavy (non-hydrogen) atoms. The fourth-order valence-electron chi connectivity index (χ4n) is 5.12. The van der Waals surface area contributed by atoms with Gasteiger partial charge in [-0.05, 0) is 100 Å². The summed E-state index contributed by atoms with van der Waals surface area (Å²) in [6.45, 7) is 0. The standard InChI is InChI=1S/C28H17Cl4N13O13S4/c29-23-36-24(30)39-27(38-23)34-10-1-3-14(59(47,48)49)12(7-10)42-44-20-16(61(53,54)55)5-9-6-17(62(56,57)58)21(22(46)18(9)19(20)33)45-43-13-8-11(2-4-15(13)60(50,51)52)35-28-40-25(31)37-26(32)41-28/h1-8,46H,33H2,(H,47,48,49)(H,50,51,52)(H,53,54,55)(H,56,57,58)(H,34,36,38,39)(H,35,37,40,41). The Bertz CT molecular complexity index is 3150. The number of nitrogens with two attached hydrogens (primary N) is 1. The van der Waals surface area contributed by atoms with Crippen molar-refractivity contribution >= 4 is 149 Å². The molecule has 0 bridgehead atoms. The average Bonchev–Trinajstić information content (AvgIpc) is 3.11. The molecule has 2 heterocycles. The first kappa shape index (κ1) is 45.9. The normalized spacial score (nSPS) is 12.7. The van der Waals surface area contributed by atoms with Crippen LogP contribution in [0, 0.1) is 0 Å². The Morgan fingerprint density at radius 1 is 0.500 bits per heavy atom. The van der Waals surface area contributed by atoms with Crippen molar-refractivity contribution in [3.05, 3.63) is 69.7 Å². The van der Waals surface area contributed by atoms with Crippen LogP contribution >= 0.6 is 46.4 Å². The van der Waals surface area contributed by atoms with Crippen molar-refractivity contribution in [1.82, 2.24) is 29.9 Å². The van der Waals surface area contributed by atoms with E-state index in [1.807, 2.05) is 0 Å². The van der Waals surface area contributed by atoms with Crippen LogP contribution in [0.2, 0.25) is 21.1 Å². The lowest BCUT2D eigenvalue weighted by Crippen LogP contribution is -2.04. The van der Waals surface area contributed by atoms with Crippen molar-refractivity contribution in [3.63, 3.8) is 0 Å². The molecule has 324 valence electrons. The van der Waals surface area contributed by atoms with Crippen LogP contribution in [0.5, 0.6) is 5.75 Å². The van der Waals surface area contributed by atoms with Crippen molar-refractivity contribution in [3.8, 4) is 5.75 Å². The summed E-state index contributed by atoms with van der Waals surface area (Å²) in [5, 5.41) is 28.6. The van der Waals surface area contributed by atoms with E-state index in [1.54, 1.807) is 0 Å². The van der Waals surface area contributed by atoms with Crippen molar-refractivity contribution in [2.45, 2.75) is 19.6 Å². The number of aromatic hydroxyl groups is 1. The van der Waals surface area contributed by atoms with Gasteiger partial charge in [-0.25, -0.2) is 0 Å². The lowest BCUT2D eigenvalue weighted by atomic mass is 10.1. The van der Waals surface area contributed by atoms with E-state index in [4.69, 9.17) is 52.1 Å². The molecule has 0 saturated heterocycles. The monoisotopic (exact) mass is 1010 g/mol. The zero-order chi connectivity index (χ0) is 45.7. The minimum absolute atomic E-state index is 0.0606. The first-order chi connectivity index (χ1) is 28.7. The highest BCUT2D eigenvalue weighted by atomic mass is 35.5. The van der Waals surface area contributed by atoms with E-state index in [2.05, 4.69) is 61.0 Å². The second kappa shape index (κ2) is 16.9. The molecule has 4 aromatic carbocycles. The van der Waals surface area contributed by atoms with Gasteiger partial charge in [0.15, 0.2) is 5.75 Å². The Labute approximate surface area is 366 Å². The molecular weight excluding hydrogens is 996 g/mol. The largest absolute Gasteiger partial charge is 0.505 e. The molecule has 2 aromatic heterocycles. The maximum atomic E-state index is 12.6. The Morgan fingerprint density at radius 2 is 0.855 bits per heavy atom. The number of halogens is 4. The number of phenolic OH excluding ortho intramolecular Hbond substituents is 1. The number of anilines is 5. The number of nitrogens with one attached hydrogen (secondary N) is 2. The minimum Gasteiger partial charge on any atom is -0.505 e. The number of benzene rings is 4. The number of azo groups is 2. The predicted octanol–water partition coefficient (Wildman–Crippen LogP) is 6.42. The van der Waals surface area contributed by atoms with Gasteiger partial charge in [0.25, 0.3) is 40.5 Å². The molecule has 0 aliphatic heterocycles. The number of nitrogen functional groups attached to an aromatic ring is 1. The molecule has 0 saturated carbocycles. The summed E-state index contributed by atoms with van der Waals surface area (Å²) in [6.07, 6.45) is 0. The summed E-state index contributed by atoms with van der Waals surface area (Å²) in [7, 11) is -21.1. The predicted molar refractivity (Wildman–Crippen MR) is 217 cm³/mol. The molecule has 0 fully saturated rings. The molecule has 0 spiro atoms. The molecule has 6 rings (SSSR count). The van der Waals surface area contributed by atoms with Gasteiger partial charge >= 0.3 is 0 Å². The van der Waals surface area contributed by atoms with Crippen molar-refractivity contribution in [2.24, 2.45) is 20.5 Å². The highest BCUT2D eigenvalue weighted by molar-refractivity contribution is 7.86. The number of hydrogen-bond acceptors (Lipinski definition) is 22. The van der Waals surface area contributed by atoms with Crippen molar-refractivity contribution < 1.29 is 57.0 Å². The molecule has 0 aliphatic rings. The lowest BCUT2D eigenvalue weighted by Gasteiger charge is -2.14. The third-order valence-corrected chi connectivity index (χ3v) is 11.7. The fourth-order valence-corrected chi connectivity index (χ4v) is 8.38. The Balaban J connectivity index is 1.54. The van der Waals surface area contributed by atoms with Crippen LogP contribution in [0.25, 0.3) is 10.8 Å². The molecule has 0 unspecified atom stereocenters. The van der Waals surface area contributed by atoms with Crippen LogP contribution in [-0.4, -0.2) is 86.9 Å². The highest BCUT2D eigenvalue weighted by Crippen LogP contribution is 2.49. The Kier molecular flexibility index (Phi) is 12.5. The van der Waals surface area contributed by atoms with Gasteiger partial charge < -0.3 is 21.5 Å². The summed E-state index contributed by atoms with van der Waals surface area (Å²) >= 11 is 23.1. The third kappa shape index (κ3) is 10.3. The zero-order valence-corrected chi connectivity index (χ0v) is 35.6. The second-order valence-electron chi connectivity index (χ2n) is 11.6. The molecule has 0 aliphatic carbocycles. The summed E-state index contributed by atoms with van der Waals surface area (Å²) in [4.78, 5) is 17.9. The van der Waals surface area contributed by atoms with E-state index in [9.17, 15) is 57.0 Å². The quantitative estimate of drug-likeness (QED) is 0.0372. The smallest absolute Gasteiger partial charge is 0.296 e. The molecule has 34 heteroatoms. The Morgan fingerprint density at radius 3 is 1.23 bits per heavy atom. The van der Waals surface area contributed by atoms with Gasteiger partial charge in [-0.2, -0.15) is 63.6 Å². The fraction of sp³-hybridized carbons (Fsp3) is 0. The molecule has 0 atom stereocenters. The van der Waals surface area contributed by atoms with Gasteiger partial charge in [-0.3, -0.25) is 18.2 Å². The highest BCUT2D eigenvalue weighted by Gasteiger charge is 2.29. The number of phenols is 1. The van der Waals surface area contributed by atoms with Crippen LogP contribution in [0.4, 0.5) is 51.7 Å². The van der Waals surface area contributed by atoms with Gasteiger partial charge in [-0.1, -0.05) is 0 Å². The average molecular weight is 1010 g/mol. The Hall–Kier alpha value is -5.64.